The van der Waals surface area contributed by atoms with Gasteiger partial charge in [-0.15, -0.1) is 5.10 Å². The van der Waals surface area contributed by atoms with E-state index in [-0.39, 0.29) is 41.5 Å². The second-order valence-electron chi connectivity index (χ2n) is 6.81. The number of sulfonamides is 1. The number of benzene rings is 1. The molecule has 10 nitrogen and oxygen atoms in total. The van der Waals surface area contributed by atoms with Gasteiger partial charge in [-0.05, 0) is 38.1 Å². The van der Waals surface area contributed by atoms with E-state index < -0.39 is 16.1 Å². The van der Waals surface area contributed by atoms with Gasteiger partial charge in [-0.25, -0.2) is 8.42 Å². The second kappa shape index (κ2) is 7.68. The molecule has 28 heavy (non-hydrogen) atoms. The molecule has 1 fully saturated rings. The van der Waals surface area contributed by atoms with Crippen LogP contribution in [-0.4, -0.2) is 70.0 Å². The van der Waals surface area contributed by atoms with Crippen LogP contribution in [0.5, 0.6) is 0 Å². The number of anilines is 1. The van der Waals surface area contributed by atoms with Gasteiger partial charge in [0, 0.05) is 37.8 Å². The van der Waals surface area contributed by atoms with Crippen molar-refractivity contribution in [3.8, 4) is 0 Å². The average molecular weight is 406 g/mol. The molecule has 2 atom stereocenters. The van der Waals surface area contributed by atoms with Crippen molar-refractivity contribution in [3.63, 3.8) is 0 Å². The van der Waals surface area contributed by atoms with Crippen LogP contribution >= 0.6 is 0 Å². The third kappa shape index (κ3) is 3.90. The molecule has 0 saturated carbocycles. The number of amides is 2. The van der Waals surface area contributed by atoms with Crippen molar-refractivity contribution < 1.29 is 18.0 Å². The van der Waals surface area contributed by atoms with Gasteiger partial charge >= 0.3 is 0 Å². The van der Waals surface area contributed by atoms with Crippen LogP contribution in [0.2, 0.25) is 0 Å². The van der Waals surface area contributed by atoms with Gasteiger partial charge in [-0.1, -0.05) is 5.21 Å². The van der Waals surface area contributed by atoms with Gasteiger partial charge in [0.05, 0.1) is 11.1 Å². The minimum Gasteiger partial charge on any atom is -0.332 e. The van der Waals surface area contributed by atoms with E-state index in [0.717, 1.165) is 0 Å². The molecule has 150 valence electrons. The molecule has 0 unspecified atom stereocenters. The molecule has 1 saturated heterocycles. The number of carbonyl (C=O) groups excluding carboxylic acids is 2. The van der Waals surface area contributed by atoms with Crippen LogP contribution in [0.15, 0.2) is 35.4 Å². The summed E-state index contributed by atoms with van der Waals surface area (Å²) in [4.78, 5) is 25.4. The maximum atomic E-state index is 13.1. The number of rotatable bonds is 4. The van der Waals surface area contributed by atoms with Crippen LogP contribution in [0.25, 0.3) is 0 Å². The minimum absolute atomic E-state index is 0.137. The van der Waals surface area contributed by atoms with E-state index in [4.69, 9.17) is 0 Å². The summed E-state index contributed by atoms with van der Waals surface area (Å²) in [5, 5.41) is 12.3. The summed E-state index contributed by atoms with van der Waals surface area (Å²) in [7, 11) is -3.74. The molecule has 2 heterocycles. The number of hydrogen-bond donors (Lipinski definition) is 2. The topological polar surface area (TPSA) is 128 Å². The number of carbonyl (C=O) groups is 2. The van der Waals surface area contributed by atoms with Crippen LogP contribution in [-0.2, 0) is 14.8 Å². The Balaban J connectivity index is 1.78. The largest absolute Gasteiger partial charge is 0.332 e. The Morgan fingerprint density at radius 3 is 2.39 bits per heavy atom. The van der Waals surface area contributed by atoms with Gasteiger partial charge < -0.3 is 10.2 Å². The summed E-state index contributed by atoms with van der Waals surface area (Å²) in [6, 6.07) is 5.30. The number of H-pyrrole nitrogens is 1. The third-order valence-corrected chi connectivity index (χ3v) is 6.61. The van der Waals surface area contributed by atoms with E-state index >= 15 is 0 Å². The van der Waals surface area contributed by atoms with Crippen molar-refractivity contribution in [3.05, 3.63) is 36.2 Å². The van der Waals surface area contributed by atoms with Gasteiger partial charge in [0.25, 0.3) is 5.91 Å². The maximum Gasteiger partial charge on any atom is 0.273 e. The summed E-state index contributed by atoms with van der Waals surface area (Å²) < 4.78 is 27.6. The summed E-state index contributed by atoms with van der Waals surface area (Å²) in [6.45, 7) is 5.37. The van der Waals surface area contributed by atoms with Gasteiger partial charge in [0.2, 0.25) is 15.9 Å². The van der Waals surface area contributed by atoms with Crippen molar-refractivity contribution in [2.45, 2.75) is 37.8 Å². The predicted molar refractivity (Wildman–Crippen MR) is 101 cm³/mol. The normalized spacial score (nSPS) is 20.8. The number of hydrogen-bond acceptors (Lipinski definition) is 6. The van der Waals surface area contributed by atoms with Crippen molar-refractivity contribution in [2.24, 2.45) is 0 Å². The highest BCUT2D eigenvalue weighted by molar-refractivity contribution is 7.89. The van der Waals surface area contributed by atoms with Crippen molar-refractivity contribution in [1.29, 1.82) is 0 Å². The Hall–Kier alpha value is -2.79. The highest BCUT2D eigenvalue weighted by atomic mass is 32.2. The molecule has 0 radical (unpaired) electrons. The van der Waals surface area contributed by atoms with Gasteiger partial charge in [0.15, 0.2) is 0 Å². The van der Waals surface area contributed by atoms with E-state index in [1.54, 1.807) is 30.9 Å². The molecule has 2 aromatic rings. The highest BCUT2D eigenvalue weighted by Crippen LogP contribution is 2.25. The molecule has 2 N–H and O–H groups in total. The first kappa shape index (κ1) is 20.0. The first-order valence-corrected chi connectivity index (χ1v) is 10.2. The molecule has 1 aliphatic heterocycles. The molecule has 1 aromatic carbocycles. The van der Waals surface area contributed by atoms with E-state index in [1.807, 2.05) is 0 Å². The Morgan fingerprint density at radius 2 is 1.82 bits per heavy atom. The quantitative estimate of drug-likeness (QED) is 0.769. The van der Waals surface area contributed by atoms with Crippen molar-refractivity contribution in [1.82, 2.24) is 24.6 Å². The highest BCUT2D eigenvalue weighted by Gasteiger charge is 2.39. The first-order valence-electron chi connectivity index (χ1n) is 8.76. The Kier molecular flexibility index (Phi) is 5.47. The molecule has 1 aliphatic rings. The number of piperazine rings is 1. The third-order valence-electron chi connectivity index (χ3n) is 4.62. The monoisotopic (exact) mass is 406 g/mol. The lowest BCUT2D eigenvalue weighted by Crippen LogP contribution is -2.59. The smallest absolute Gasteiger partial charge is 0.273 e. The van der Waals surface area contributed by atoms with Gasteiger partial charge in [0.1, 0.15) is 5.69 Å². The Labute approximate surface area is 163 Å². The standard InChI is InChI=1S/C17H22N6O4S/c1-11-10-23(12(2)9-22(11)17(25)16-8-18-21-20-16)28(26,27)15-6-4-14(5-7-15)19-13(3)24/h4-8,11-12H,9-10H2,1-3H3,(H,19,24)(H,18,20,21)/t11-,12+/m0/s1. The zero-order valence-corrected chi connectivity index (χ0v) is 16.6. The van der Waals surface area contributed by atoms with E-state index in [9.17, 15) is 18.0 Å². The molecular formula is C17H22N6O4S. The van der Waals surface area contributed by atoms with E-state index in [0.29, 0.717) is 5.69 Å². The van der Waals surface area contributed by atoms with Crippen molar-refractivity contribution >= 4 is 27.5 Å². The number of nitrogens with one attached hydrogen (secondary N) is 2. The van der Waals surface area contributed by atoms with Crippen LogP contribution in [0, 0.1) is 0 Å². The molecule has 0 spiro atoms. The Bertz CT molecular complexity index is 958. The van der Waals surface area contributed by atoms with Crippen molar-refractivity contribution in [2.75, 3.05) is 18.4 Å². The fourth-order valence-electron chi connectivity index (χ4n) is 3.22. The molecular weight excluding hydrogens is 384 g/mol. The molecule has 0 bridgehead atoms. The van der Waals surface area contributed by atoms with Crippen LogP contribution in [0.1, 0.15) is 31.3 Å². The van der Waals surface area contributed by atoms with Crippen LogP contribution in [0.3, 0.4) is 0 Å². The zero-order valence-electron chi connectivity index (χ0n) is 15.8. The number of nitrogens with zero attached hydrogens (tertiary/aromatic N) is 4. The number of aromatic amines is 1. The lowest BCUT2D eigenvalue weighted by molar-refractivity contribution is -0.114. The molecule has 3 rings (SSSR count). The fourth-order valence-corrected chi connectivity index (χ4v) is 4.92. The lowest BCUT2D eigenvalue weighted by atomic mass is 10.1. The van der Waals surface area contributed by atoms with Crippen LogP contribution in [0.4, 0.5) is 5.69 Å². The summed E-state index contributed by atoms with van der Waals surface area (Å²) >= 11 is 0. The molecule has 2 amide bonds. The van der Waals surface area contributed by atoms with E-state index in [1.165, 1.54) is 29.6 Å². The summed E-state index contributed by atoms with van der Waals surface area (Å²) in [6.07, 6.45) is 1.35. The van der Waals surface area contributed by atoms with Crippen LogP contribution < -0.4 is 5.32 Å². The SMILES string of the molecule is CC(=O)Nc1ccc(S(=O)(=O)N2C[C@H](C)N(C(=O)c3cnn[nH]3)C[C@H]2C)cc1. The maximum absolute atomic E-state index is 13.1. The minimum atomic E-state index is -3.74. The molecule has 1 aromatic heterocycles. The first-order chi connectivity index (χ1) is 13.2. The van der Waals surface area contributed by atoms with Gasteiger partial charge in [-0.3, -0.25) is 14.7 Å². The van der Waals surface area contributed by atoms with E-state index in [2.05, 4.69) is 20.7 Å². The predicted octanol–water partition coefficient (Wildman–Crippen LogP) is 0.687. The number of aromatic nitrogens is 3. The second-order valence-corrected chi connectivity index (χ2v) is 8.70. The molecule has 11 heteroatoms. The van der Waals surface area contributed by atoms with Gasteiger partial charge in [-0.2, -0.15) is 4.31 Å². The summed E-state index contributed by atoms with van der Waals surface area (Å²) in [5.74, 6) is -0.493. The zero-order chi connectivity index (χ0) is 20.5. The summed E-state index contributed by atoms with van der Waals surface area (Å²) in [5.41, 5.74) is 0.792. The average Bonchev–Trinajstić information content (AvgIpc) is 3.17. The Morgan fingerprint density at radius 1 is 1.14 bits per heavy atom. The molecule has 0 aliphatic carbocycles. The lowest BCUT2D eigenvalue weighted by Gasteiger charge is -2.43. The fraction of sp³-hybridized carbons (Fsp3) is 0.412.